The Hall–Kier alpha value is -1.64. The summed E-state index contributed by atoms with van der Waals surface area (Å²) in [4.78, 5) is 0. The molecule has 3 aliphatic rings. The van der Waals surface area contributed by atoms with Gasteiger partial charge in [-0.1, -0.05) is 73.5 Å². The molecule has 0 radical (unpaired) electrons. The van der Waals surface area contributed by atoms with E-state index in [4.69, 9.17) is 33.4 Å². The van der Waals surface area contributed by atoms with Crippen molar-refractivity contribution in [2.75, 3.05) is 0 Å². The second kappa shape index (κ2) is 5.21. The first kappa shape index (κ1) is 16.5. The Balaban J connectivity index is 1.80. The summed E-state index contributed by atoms with van der Waals surface area (Å²) >= 11 is 12.7. The highest BCUT2D eigenvalue weighted by atomic mass is 35.5. The molecule has 1 fully saturated rings. The number of halogens is 2. The van der Waals surface area contributed by atoms with Gasteiger partial charge in [0.1, 0.15) is 11.1 Å². The highest BCUT2D eigenvalue weighted by Crippen LogP contribution is 2.76. The minimum Gasteiger partial charge on any atom is -0.181 e. The highest BCUT2D eigenvalue weighted by Gasteiger charge is 2.77. The molecule has 0 N–H and O–H groups in total. The van der Waals surface area contributed by atoms with Gasteiger partial charge in [-0.15, -0.1) is 0 Å². The number of azo groups is 1. The molecule has 132 valence electrons. The van der Waals surface area contributed by atoms with Crippen molar-refractivity contribution in [1.82, 2.24) is 0 Å². The van der Waals surface area contributed by atoms with Crippen LogP contribution in [0.5, 0.6) is 0 Å². The summed E-state index contributed by atoms with van der Waals surface area (Å²) in [5.41, 5.74) is 1.34. The maximum atomic E-state index is 6.36. The van der Waals surface area contributed by atoms with Gasteiger partial charge in [-0.2, -0.15) is 10.2 Å². The van der Waals surface area contributed by atoms with Gasteiger partial charge in [0, 0.05) is 27.3 Å². The molecule has 5 rings (SSSR count). The lowest BCUT2D eigenvalue weighted by Gasteiger charge is -2.41. The zero-order valence-electron chi connectivity index (χ0n) is 14.8. The smallest absolute Gasteiger partial charge is 0.121 e. The van der Waals surface area contributed by atoms with Crippen molar-refractivity contribution < 1.29 is 0 Å². The fraction of sp³-hybridized carbons (Fsp3) is 0.364. The van der Waals surface area contributed by atoms with E-state index in [1.165, 1.54) is 5.56 Å². The molecule has 1 heterocycles. The number of benzene rings is 2. The Morgan fingerprint density at radius 3 is 2.08 bits per heavy atom. The molecule has 2 aliphatic carbocycles. The molecule has 1 aliphatic heterocycles. The molecular weight excluding hydrogens is 363 g/mol. The van der Waals surface area contributed by atoms with Crippen LogP contribution >= 0.6 is 23.2 Å². The molecule has 2 nitrogen and oxygen atoms in total. The van der Waals surface area contributed by atoms with Crippen molar-refractivity contribution in [2.24, 2.45) is 27.5 Å². The average molecular weight is 383 g/mol. The van der Waals surface area contributed by atoms with Crippen LogP contribution in [-0.2, 0) is 11.1 Å². The van der Waals surface area contributed by atoms with Crippen LogP contribution in [0.1, 0.15) is 31.4 Å². The van der Waals surface area contributed by atoms with E-state index in [1.54, 1.807) is 0 Å². The predicted octanol–water partition coefficient (Wildman–Crippen LogP) is 6.78. The average Bonchev–Trinajstić information content (AvgIpc) is 3.22. The molecule has 1 saturated carbocycles. The molecule has 2 bridgehead atoms. The Morgan fingerprint density at radius 2 is 1.46 bits per heavy atom. The van der Waals surface area contributed by atoms with Crippen LogP contribution in [0.4, 0.5) is 0 Å². The zero-order valence-corrected chi connectivity index (χ0v) is 16.3. The van der Waals surface area contributed by atoms with Crippen LogP contribution < -0.4 is 0 Å². The molecule has 0 spiro atoms. The summed E-state index contributed by atoms with van der Waals surface area (Å²) in [6.07, 6.45) is 5.65. The lowest BCUT2D eigenvalue weighted by Crippen LogP contribution is -2.44. The maximum absolute atomic E-state index is 6.36. The highest BCUT2D eigenvalue weighted by molar-refractivity contribution is 6.30. The van der Waals surface area contributed by atoms with E-state index in [1.807, 2.05) is 24.3 Å². The van der Waals surface area contributed by atoms with E-state index in [0.29, 0.717) is 11.8 Å². The lowest BCUT2D eigenvalue weighted by atomic mass is 9.61. The Labute approximate surface area is 163 Å². The first-order valence-electron chi connectivity index (χ1n) is 9.06. The Bertz CT molecular complexity index is 964. The first-order valence-corrected chi connectivity index (χ1v) is 9.82. The van der Waals surface area contributed by atoms with Crippen LogP contribution in [0.3, 0.4) is 0 Å². The van der Waals surface area contributed by atoms with E-state index >= 15 is 0 Å². The van der Waals surface area contributed by atoms with E-state index in [2.05, 4.69) is 50.3 Å². The number of nitrogens with zero attached hydrogens (tertiary/aromatic N) is 2. The molecule has 0 saturated heterocycles. The lowest BCUT2D eigenvalue weighted by molar-refractivity contribution is 0.150. The Kier molecular flexibility index (Phi) is 3.31. The van der Waals surface area contributed by atoms with Crippen LogP contribution in [0, 0.1) is 17.3 Å². The largest absolute Gasteiger partial charge is 0.181 e. The standard InChI is InChI=1S/C22H20Cl2N2/c1-20(2)21(14-6-3-8-16(23)12-14)18-10-5-11-19(18)22(20,26-25-21)15-7-4-9-17(24)13-15/h3-10,12-13,18-19H,11H2,1-2H3/t18-,19+,21-,22+/m0/s1. The van der Waals surface area contributed by atoms with Crippen LogP contribution in [0.15, 0.2) is 70.9 Å². The molecule has 26 heavy (non-hydrogen) atoms. The van der Waals surface area contributed by atoms with Crippen molar-refractivity contribution in [3.63, 3.8) is 0 Å². The summed E-state index contributed by atoms with van der Waals surface area (Å²) in [5.74, 6) is 0.694. The maximum Gasteiger partial charge on any atom is 0.121 e. The van der Waals surface area contributed by atoms with Gasteiger partial charge in [0.25, 0.3) is 0 Å². The number of allylic oxidation sites excluding steroid dienone is 1. The van der Waals surface area contributed by atoms with Gasteiger partial charge in [-0.25, -0.2) is 0 Å². The van der Waals surface area contributed by atoms with Gasteiger partial charge in [-0.05, 0) is 41.8 Å². The van der Waals surface area contributed by atoms with E-state index in [-0.39, 0.29) is 11.0 Å². The van der Waals surface area contributed by atoms with Crippen molar-refractivity contribution >= 4 is 23.2 Å². The van der Waals surface area contributed by atoms with E-state index in [0.717, 1.165) is 22.0 Å². The van der Waals surface area contributed by atoms with Gasteiger partial charge >= 0.3 is 0 Å². The van der Waals surface area contributed by atoms with Crippen molar-refractivity contribution in [3.05, 3.63) is 81.9 Å². The quantitative estimate of drug-likeness (QED) is 0.511. The van der Waals surface area contributed by atoms with Crippen molar-refractivity contribution in [3.8, 4) is 0 Å². The Morgan fingerprint density at radius 1 is 0.885 bits per heavy atom. The van der Waals surface area contributed by atoms with E-state index in [9.17, 15) is 0 Å². The molecule has 4 atom stereocenters. The minimum absolute atomic E-state index is 0.199. The van der Waals surface area contributed by atoms with Gasteiger partial charge in [0.15, 0.2) is 0 Å². The van der Waals surface area contributed by atoms with Gasteiger partial charge in [-0.3, -0.25) is 0 Å². The minimum atomic E-state index is -0.405. The van der Waals surface area contributed by atoms with Gasteiger partial charge in [0.2, 0.25) is 0 Å². The third-order valence-electron chi connectivity index (χ3n) is 6.99. The van der Waals surface area contributed by atoms with Gasteiger partial charge < -0.3 is 0 Å². The second-order valence-electron chi connectivity index (χ2n) is 8.17. The first-order chi connectivity index (χ1) is 12.4. The number of hydrogen-bond donors (Lipinski definition) is 0. The fourth-order valence-electron chi connectivity index (χ4n) is 5.93. The molecule has 4 heteroatoms. The number of fused-ring (bicyclic) bond motifs is 5. The fourth-order valence-corrected chi connectivity index (χ4v) is 6.31. The van der Waals surface area contributed by atoms with Crippen LogP contribution in [0.2, 0.25) is 10.0 Å². The SMILES string of the molecule is CC1(C)[C@]2(c3cccc(Cl)c3)N=N[C@@]1(c1cccc(Cl)c1)[C@H]1C=CC[C@H]12. The monoisotopic (exact) mass is 382 g/mol. The second-order valence-corrected chi connectivity index (χ2v) is 9.05. The summed E-state index contributed by atoms with van der Waals surface area (Å²) in [6.45, 7) is 4.61. The predicted molar refractivity (Wildman–Crippen MR) is 106 cm³/mol. The molecule has 0 amide bonds. The molecule has 0 aromatic heterocycles. The zero-order chi connectivity index (χ0) is 18.2. The topological polar surface area (TPSA) is 24.7 Å². The third-order valence-corrected chi connectivity index (χ3v) is 7.46. The van der Waals surface area contributed by atoms with Gasteiger partial charge in [0.05, 0.1) is 0 Å². The summed E-state index contributed by atoms with van der Waals surface area (Å²) in [5, 5.41) is 11.5. The summed E-state index contributed by atoms with van der Waals surface area (Å²) in [6, 6.07) is 16.3. The third kappa shape index (κ3) is 1.70. The van der Waals surface area contributed by atoms with Crippen molar-refractivity contribution in [2.45, 2.75) is 31.3 Å². The molecular formula is C22H20Cl2N2. The summed E-state index contributed by atoms with van der Waals surface area (Å²) < 4.78 is 0. The van der Waals surface area contributed by atoms with Crippen LogP contribution in [-0.4, -0.2) is 0 Å². The van der Waals surface area contributed by atoms with Crippen molar-refractivity contribution in [1.29, 1.82) is 0 Å². The molecule has 0 unspecified atom stereocenters. The van der Waals surface area contributed by atoms with Crippen LogP contribution in [0.25, 0.3) is 0 Å². The number of hydrogen-bond acceptors (Lipinski definition) is 2. The van der Waals surface area contributed by atoms with E-state index < -0.39 is 5.54 Å². The normalized spacial score (nSPS) is 35.8. The number of rotatable bonds is 2. The summed E-state index contributed by atoms with van der Waals surface area (Å²) in [7, 11) is 0. The molecule has 2 aromatic carbocycles. The molecule has 2 aromatic rings.